The Bertz CT molecular complexity index is 240. The Kier molecular flexibility index (Phi) is 4.36. The Morgan fingerprint density at radius 2 is 2.13 bits per heavy atom. The molecule has 15 heavy (non-hydrogen) atoms. The molecule has 0 aliphatic heterocycles. The molecule has 4 unspecified atom stereocenters. The molecule has 0 radical (unpaired) electrons. The van der Waals surface area contributed by atoms with Gasteiger partial charge in [0.15, 0.2) is 0 Å². The van der Waals surface area contributed by atoms with Crippen LogP contribution in [0.3, 0.4) is 0 Å². The molecule has 1 N–H and O–H groups in total. The van der Waals surface area contributed by atoms with E-state index in [4.69, 9.17) is 0 Å². The van der Waals surface area contributed by atoms with Crippen LogP contribution in [0, 0.1) is 5.41 Å². The van der Waals surface area contributed by atoms with Gasteiger partial charge >= 0.3 is 0 Å². The van der Waals surface area contributed by atoms with E-state index in [0.29, 0.717) is 22.0 Å². The topological polar surface area (TPSA) is 29.1 Å². The average Bonchev–Trinajstić information content (AvgIpc) is 2.51. The Hall–Kier alpha value is 0.110. The summed E-state index contributed by atoms with van der Waals surface area (Å²) in [6, 6.07) is 0.410. The minimum absolute atomic E-state index is 0.294. The van der Waals surface area contributed by atoms with Crippen molar-refractivity contribution in [2.75, 3.05) is 7.05 Å². The molecular weight excluding hydrogens is 206 g/mol. The van der Waals surface area contributed by atoms with Crippen molar-refractivity contribution in [1.29, 1.82) is 0 Å². The lowest BCUT2D eigenvalue weighted by Gasteiger charge is -2.31. The van der Waals surface area contributed by atoms with Crippen LogP contribution in [0.2, 0.25) is 0 Å². The van der Waals surface area contributed by atoms with Crippen LogP contribution in [-0.4, -0.2) is 27.8 Å². The van der Waals surface area contributed by atoms with Gasteiger partial charge in [0, 0.05) is 22.1 Å². The second-order valence-electron chi connectivity index (χ2n) is 5.38. The molecule has 0 bridgehead atoms. The monoisotopic (exact) mass is 231 g/mol. The van der Waals surface area contributed by atoms with E-state index in [1.807, 2.05) is 7.05 Å². The van der Waals surface area contributed by atoms with Gasteiger partial charge in [-0.3, -0.25) is 4.21 Å². The van der Waals surface area contributed by atoms with E-state index in [-0.39, 0.29) is 0 Å². The summed E-state index contributed by atoms with van der Waals surface area (Å²) in [5.41, 5.74) is 0.294. The lowest BCUT2D eigenvalue weighted by molar-refractivity contribution is 0.298. The van der Waals surface area contributed by atoms with Crippen molar-refractivity contribution in [3.63, 3.8) is 0 Å². The van der Waals surface area contributed by atoms with Crippen LogP contribution < -0.4 is 5.32 Å². The second kappa shape index (κ2) is 4.96. The van der Waals surface area contributed by atoms with Gasteiger partial charge in [0.25, 0.3) is 0 Å². The predicted octanol–water partition coefficient (Wildman–Crippen LogP) is 2.31. The van der Waals surface area contributed by atoms with Crippen molar-refractivity contribution in [3.8, 4) is 0 Å². The molecule has 1 aliphatic carbocycles. The minimum Gasteiger partial charge on any atom is -0.315 e. The number of nitrogens with one attached hydrogen (secondary N) is 1. The van der Waals surface area contributed by atoms with Crippen LogP contribution in [-0.2, 0) is 10.8 Å². The highest BCUT2D eigenvalue weighted by atomic mass is 32.2. The Labute approximate surface area is 96.7 Å². The van der Waals surface area contributed by atoms with Gasteiger partial charge in [0.2, 0.25) is 0 Å². The summed E-state index contributed by atoms with van der Waals surface area (Å²) in [5, 5.41) is 4.05. The van der Waals surface area contributed by atoms with Crippen molar-refractivity contribution in [1.82, 2.24) is 5.32 Å². The van der Waals surface area contributed by atoms with Gasteiger partial charge < -0.3 is 5.32 Å². The van der Waals surface area contributed by atoms with E-state index in [2.05, 4.69) is 33.0 Å². The third-order valence-electron chi connectivity index (χ3n) is 3.87. The zero-order valence-electron chi connectivity index (χ0n) is 10.7. The molecule has 0 aromatic rings. The van der Waals surface area contributed by atoms with Crippen LogP contribution in [0.4, 0.5) is 0 Å². The van der Waals surface area contributed by atoms with Gasteiger partial charge in [-0.2, -0.15) is 0 Å². The second-order valence-corrected chi connectivity index (χ2v) is 7.45. The summed E-state index contributed by atoms with van der Waals surface area (Å²) in [5.74, 6) is 0. The third kappa shape index (κ3) is 2.62. The summed E-state index contributed by atoms with van der Waals surface area (Å²) in [4.78, 5) is 0. The summed E-state index contributed by atoms with van der Waals surface area (Å²) in [6.45, 7) is 8.79. The van der Waals surface area contributed by atoms with Crippen LogP contribution in [0.1, 0.15) is 47.0 Å². The molecule has 1 rings (SSSR count). The first kappa shape index (κ1) is 13.2. The quantitative estimate of drug-likeness (QED) is 0.804. The van der Waals surface area contributed by atoms with Gasteiger partial charge in [0.1, 0.15) is 0 Å². The molecule has 0 saturated heterocycles. The van der Waals surface area contributed by atoms with E-state index in [0.717, 1.165) is 12.8 Å². The standard InChI is InChI=1S/C12H25NOS/c1-6-9(2)15(14)10-7-8-12(3,4)11(10)13-5/h9-11,13H,6-8H2,1-5H3. The van der Waals surface area contributed by atoms with Crippen molar-refractivity contribution >= 4 is 10.8 Å². The maximum atomic E-state index is 12.3. The lowest BCUT2D eigenvalue weighted by atomic mass is 9.87. The summed E-state index contributed by atoms with van der Waals surface area (Å²) in [6.07, 6.45) is 3.31. The molecule has 0 spiro atoms. The van der Waals surface area contributed by atoms with Gasteiger partial charge in [0.05, 0.1) is 5.25 Å². The number of hydrogen-bond acceptors (Lipinski definition) is 2. The molecule has 1 fully saturated rings. The maximum absolute atomic E-state index is 12.3. The van der Waals surface area contributed by atoms with Crippen LogP contribution in [0.15, 0.2) is 0 Å². The molecule has 3 heteroatoms. The summed E-state index contributed by atoms with van der Waals surface area (Å²) < 4.78 is 12.3. The normalized spacial score (nSPS) is 33.9. The molecule has 1 aliphatic rings. The predicted molar refractivity (Wildman–Crippen MR) is 67.5 cm³/mol. The van der Waals surface area contributed by atoms with E-state index >= 15 is 0 Å². The highest BCUT2D eigenvalue weighted by Crippen LogP contribution is 2.40. The molecular formula is C12H25NOS. The van der Waals surface area contributed by atoms with Crippen molar-refractivity contribution < 1.29 is 4.21 Å². The highest BCUT2D eigenvalue weighted by Gasteiger charge is 2.44. The van der Waals surface area contributed by atoms with E-state index in [9.17, 15) is 4.21 Å². The number of hydrogen-bond donors (Lipinski definition) is 1. The molecule has 0 aromatic carbocycles. The highest BCUT2D eigenvalue weighted by molar-refractivity contribution is 7.86. The molecule has 0 aromatic heterocycles. The fourth-order valence-electron chi connectivity index (χ4n) is 2.63. The largest absolute Gasteiger partial charge is 0.315 e. The Morgan fingerprint density at radius 1 is 1.53 bits per heavy atom. The maximum Gasteiger partial charge on any atom is 0.0509 e. The zero-order valence-corrected chi connectivity index (χ0v) is 11.5. The van der Waals surface area contributed by atoms with E-state index in [1.165, 1.54) is 6.42 Å². The molecule has 1 saturated carbocycles. The van der Waals surface area contributed by atoms with Crippen molar-refractivity contribution in [2.45, 2.75) is 63.5 Å². The molecule has 2 nitrogen and oxygen atoms in total. The molecule has 4 atom stereocenters. The fourth-order valence-corrected chi connectivity index (χ4v) is 4.68. The first-order valence-electron chi connectivity index (χ1n) is 6.00. The van der Waals surface area contributed by atoms with Crippen molar-refractivity contribution in [3.05, 3.63) is 0 Å². The number of rotatable bonds is 4. The van der Waals surface area contributed by atoms with Gasteiger partial charge in [-0.25, -0.2) is 0 Å². The lowest BCUT2D eigenvalue weighted by Crippen LogP contribution is -2.45. The van der Waals surface area contributed by atoms with Crippen LogP contribution >= 0.6 is 0 Å². The van der Waals surface area contributed by atoms with Gasteiger partial charge in [-0.1, -0.05) is 27.7 Å². The minimum atomic E-state index is -0.679. The molecule has 0 amide bonds. The summed E-state index contributed by atoms with van der Waals surface area (Å²) >= 11 is 0. The Balaban J connectivity index is 2.75. The van der Waals surface area contributed by atoms with E-state index in [1.54, 1.807) is 0 Å². The van der Waals surface area contributed by atoms with Gasteiger partial charge in [-0.05, 0) is 31.7 Å². The van der Waals surface area contributed by atoms with Crippen LogP contribution in [0.25, 0.3) is 0 Å². The fraction of sp³-hybridized carbons (Fsp3) is 1.00. The SMILES string of the molecule is CCC(C)S(=O)C1CCC(C)(C)C1NC. The van der Waals surface area contributed by atoms with E-state index < -0.39 is 10.8 Å². The van der Waals surface area contributed by atoms with Crippen molar-refractivity contribution in [2.24, 2.45) is 5.41 Å². The summed E-state index contributed by atoms with van der Waals surface area (Å²) in [7, 11) is 1.32. The third-order valence-corrected chi connectivity index (χ3v) is 6.10. The molecule has 90 valence electrons. The molecule has 0 heterocycles. The van der Waals surface area contributed by atoms with Gasteiger partial charge in [-0.15, -0.1) is 0 Å². The average molecular weight is 231 g/mol. The zero-order chi connectivity index (χ0) is 11.6. The first-order valence-corrected chi connectivity index (χ1v) is 7.28. The van der Waals surface area contributed by atoms with Crippen LogP contribution in [0.5, 0.6) is 0 Å². The first-order chi connectivity index (χ1) is 6.94. The smallest absolute Gasteiger partial charge is 0.0509 e. The Morgan fingerprint density at radius 3 is 2.60 bits per heavy atom.